The maximum absolute atomic E-state index is 13.0. The molecule has 0 unspecified atom stereocenters. The van der Waals surface area contributed by atoms with Gasteiger partial charge in [-0.3, -0.25) is 0 Å². The number of carbonyl (C=O) groups excluding carboxylic acids is 1. The Kier molecular flexibility index (Phi) is 7.23. The van der Waals surface area contributed by atoms with Crippen LogP contribution < -0.4 is 21.3 Å². The van der Waals surface area contributed by atoms with E-state index in [0.29, 0.717) is 32.5 Å². The van der Waals surface area contributed by atoms with Gasteiger partial charge in [0.15, 0.2) is 5.82 Å². The molecule has 0 aliphatic heterocycles. The molecular formula is C22H19F3IN9O. The maximum Gasteiger partial charge on any atom is 0.416 e. The molecule has 0 saturated heterocycles. The van der Waals surface area contributed by atoms with E-state index in [1.807, 2.05) is 29.5 Å². The highest BCUT2D eigenvalue weighted by molar-refractivity contribution is 14.1. The summed E-state index contributed by atoms with van der Waals surface area (Å²) >= 11 is 1.86. The van der Waals surface area contributed by atoms with Crippen molar-refractivity contribution < 1.29 is 18.0 Å². The number of rotatable bonds is 6. The molecule has 10 nitrogen and oxygen atoms in total. The molecule has 0 atom stereocenters. The van der Waals surface area contributed by atoms with Gasteiger partial charge in [-0.15, -0.1) is 0 Å². The first-order valence-electron chi connectivity index (χ1n) is 10.4. The van der Waals surface area contributed by atoms with Gasteiger partial charge in [-0.25, -0.2) is 14.8 Å². The van der Waals surface area contributed by atoms with Crippen molar-refractivity contribution in [1.82, 2.24) is 24.7 Å². The number of amides is 2. The molecule has 2 aromatic carbocycles. The van der Waals surface area contributed by atoms with Crippen LogP contribution in [0.2, 0.25) is 0 Å². The Morgan fingerprint density at radius 3 is 2.53 bits per heavy atom. The quantitative estimate of drug-likeness (QED) is 0.216. The number of aromatic nitrogens is 5. The average Bonchev–Trinajstić information content (AvgIpc) is 3.30. The molecule has 4 aromatic rings. The van der Waals surface area contributed by atoms with Crippen LogP contribution in [0.5, 0.6) is 0 Å². The van der Waals surface area contributed by atoms with Crippen LogP contribution in [0.25, 0.3) is 5.82 Å². The maximum atomic E-state index is 13.0. The van der Waals surface area contributed by atoms with Gasteiger partial charge in [-0.1, -0.05) is 6.07 Å². The first-order valence-corrected chi connectivity index (χ1v) is 11.4. The highest BCUT2D eigenvalue weighted by Gasteiger charge is 2.31. The van der Waals surface area contributed by atoms with Crippen LogP contribution in [0.4, 0.5) is 46.8 Å². The molecule has 14 heteroatoms. The van der Waals surface area contributed by atoms with Crippen LogP contribution in [0, 0.1) is 10.5 Å². The Bertz CT molecular complexity index is 1410. The molecule has 0 saturated carbocycles. The number of hydrogen-bond donors (Lipinski definition) is 4. The van der Waals surface area contributed by atoms with Crippen LogP contribution in [0.1, 0.15) is 11.1 Å². The molecule has 2 aromatic heterocycles. The molecule has 0 fully saturated rings. The van der Waals surface area contributed by atoms with Crippen molar-refractivity contribution in [3.63, 3.8) is 0 Å². The summed E-state index contributed by atoms with van der Waals surface area (Å²) in [5.41, 5.74) is 1.08. The van der Waals surface area contributed by atoms with E-state index in [9.17, 15) is 18.0 Å². The third-order valence-corrected chi connectivity index (χ3v) is 5.90. The fourth-order valence-electron chi connectivity index (χ4n) is 3.13. The summed E-state index contributed by atoms with van der Waals surface area (Å²) in [5, 5.41) is 15.4. The second-order valence-corrected chi connectivity index (χ2v) is 8.60. The zero-order valence-corrected chi connectivity index (χ0v) is 21.0. The third kappa shape index (κ3) is 5.81. The average molecular weight is 609 g/mol. The van der Waals surface area contributed by atoms with E-state index in [0.717, 1.165) is 17.7 Å². The summed E-state index contributed by atoms with van der Waals surface area (Å²) in [6, 6.07) is 9.27. The van der Waals surface area contributed by atoms with Crippen molar-refractivity contribution in [2.45, 2.75) is 13.1 Å². The topological polar surface area (TPSA) is 122 Å². The van der Waals surface area contributed by atoms with E-state index in [-0.39, 0.29) is 5.69 Å². The van der Waals surface area contributed by atoms with E-state index in [4.69, 9.17) is 0 Å². The zero-order valence-electron chi connectivity index (χ0n) is 18.9. The second kappa shape index (κ2) is 10.3. The second-order valence-electron chi connectivity index (χ2n) is 7.43. The standard InChI is InChI=1S/C22H19F3IN9O/c1-12-3-5-14(32-21(36)34-17-7-13(22(23,24)25)4-6-15(17)26)8-16(12)33-20-30-11-31-35(20)19-9-18(27-2)28-10-29-19/h3-11H,1-2H3,(H,27,28,29)(H,30,31,33)(H2,32,34,36). The van der Waals surface area contributed by atoms with Crippen LogP contribution in [-0.2, 0) is 6.18 Å². The molecule has 2 amide bonds. The molecule has 36 heavy (non-hydrogen) atoms. The normalized spacial score (nSPS) is 11.2. The third-order valence-electron chi connectivity index (χ3n) is 4.96. The van der Waals surface area contributed by atoms with Gasteiger partial charge in [0.2, 0.25) is 5.95 Å². The van der Waals surface area contributed by atoms with Gasteiger partial charge < -0.3 is 21.3 Å². The molecule has 186 valence electrons. The number of benzene rings is 2. The summed E-state index contributed by atoms with van der Waals surface area (Å²) in [6.45, 7) is 1.86. The highest BCUT2D eigenvalue weighted by atomic mass is 127. The zero-order chi connectivity index (χ0) is 25.9. The summed E-state index contributed by atoms with van der Waals surface area (Å²) in [6.07, 6.45) is -1.76. The number of anilines is 5. The van der Waals surface area contributed by atoms with Gasteiger partial charge in [0, 0.05) is 28.1 Å². The number of urea groups is 1. The van der Waals surface area contributed by atoms with Gasteiger partial charge >= 0.3 is 12.2 Å². The van der Waals surface area contributed by atoms with Crippen LogP contribution in [-0.4, -0.2) is 37.8 Å². The molecule has 4 rings (SSSR count). The lowest BCUT2D eigenvalue weighted by molar-refractivity contribution is -0.137. The minimum absolute atomic E-state index is 0.0484. The largest absolute Gasteiger partial charge is 0.416 e. The molecule has 0 spiro atoms. The number of alkyl halides is 3. The molecule has 0 radical (unpaired) electrons. The van der Waals surface area contributed by atoms with Crippen molar-refractivity contribution in [3.05, 3.63) is 69.8 Å². The molecule has 0 aliphatic carbocycles. The number of hydrogen-bond acceptors (Lipinski definition) is 7. The highest BCUT2D eigenvalue weighted by Crippen LogP contribution is 2.33. The summed E-state index contributed by atoms with van der Waals surface area (Å²) in [5.74, 6) is 1.46. The van der Waals surface area contributed by atoms with Gasteiger partial charge in [0.05, 0.1) is 11.3 Å². The van der Waals surface area contributed by atoms with Crippen molar-refractivity contribution >= 4 is 57.5 Å². The molecule has 2 heterocycles. The monoisotopic (exact) mass is 609 g/mol. The van der Waals surface area contributed by atoms with Crippen molar-refractivity contribution in [2.24, 2.45) is 0 Å². The Morgan fingerprint density at radius 2 is 1.78 bits per heavy atom. The summed E-state index contributed by atoms with van der Waals surface area (Å²) in [7, 11) is 1.73. The minimum Gasteiger partial charge on any atom is -0.373 e. The van der Waals surface area contributed by atoms with Gasteiger partial charge in [0.25, 0.3) is 0 Å². The number of halogens is 4. The fourth-order valence-corrected chi connectivity index (χ4v) is 3.60. The SMILES string of the molecule is CNc1cc(-n2ncnc2Nc2cc(NC(=O)Nc3cc(C(F)(F)F)ccc3I)ccc2C)ncn1. The van der Waals surface area contributed by atoms with E-state index >= 15 is 0 Å². The van der Waals surface area contributed by atoms with Gasteiger partial charge in [0.1, 0.15) is 18.5 Å². The predicted octanol–water partition coefficient (Wildman–Crippen LogP) is 5.42. The summed E-state index contributed by atoms with van der Waals surface area (Å²) in [4.78, 5) is 25.1. The number of nitrogens with zero attached hydrogens (tertiary/aromatic N) is 5. The van der Waals surface area contributed by atoms with Crippen molar-refractivity contribution in [3.8, 4) is 5.82 Å². The van der Waals surface area contributed by atoms with Crippen LogP contribution in [0.15, 0.2) is 55.1 Å². The Morgan fingerprint density at radius 1 is 0.972 bits per heavy atom. The Balaban J connectivity index is 1.51. The molecule has 4 N–H and O–H groups in total. The van der Waals surface area contributed by atoms with E-state index in [2.05, 4.69) is 41.3 Å². The van der Waals surface area contributed by atoms with E-state index < -0.39 is 17.8 Å². The number of carbonyl (C=O) groups is 1. The van der Waals surface area contributed by atoms with Crippen molar-refractivity contribution in [1.29, 1.82) is 0 Å². The Hall–Kier alpha value is -3.95. The lowest BCUT2D eigenvalue weighted by Crippen LogP contribution is -2.20. The lowest BCUT2D eigenvalue weighted by atomic mass is 10.2. The number of nitrogens with one attached hydrogen (secondary N) is 4. The molecular weight excluding hydrogens is 590 g/mol. The van der Waals surface area contributed by atoms with Crippen LogP contribution >= 0.6 is 22.6 Å². The van der Waals surface area contributed by atoms with Crippen molar-refractivity contribution in [2.75, 3.05) is 28.3 Å². The smallest absolute Gasteiger partial charge is 0.373 e. The lowest BCUT2D eigenvalue weighted by Gasteiger charge is -2.14. The van der Waals surface area contributed by atoms with E-state index in [1.165, 1.54) is 23.4 Å². The predicted molar refractivity (Wildman–Crippen MR) is 138 cm³/mol. The number of aryl methyl sites for hydroxylation is 1. The fraction of sp³-hybridized carbons (Fsp3) is 0.136. The Labute approximate surface area is 216 Å². The first-order chi connectivity index (χ1) is 17.1. The first kappa shape index (κ1) is 25.2. The van der Waals surface area contributed by atoms with Crippen LogP contribution in [0.3, 0.4) is 0 Å². The molecule has 0 aliphatic rings. The van der Waals surface area contributed by atoms with Gasteiger partial charge in [-0.05, 0) is 65.4 Å². The summed E-state index contributed by atoms with van der Waals surface area (Å²) < 4.78 is 41.1. The van der Waals surface area contributed by atoms with Gasteiger partial charge in [-0.2, -0.15) is 27.9 Å². The van der Waals surface area contributed by atoms with E-state index in [1.54, 1.807) is 31.3 Å². The minimum atomic E-state index is -4.52. The molecule has 0 bridgehead atoms.